The number of benzene rings is 2. The van der Waals surface area contributed by atoms with Crippen LogP contribution in [-0.4, -0.2) is 22.5 Å². The van der Waals surface area contributed by atoms with Crippen molar-refractivity contribution in [1.29, 1.82) is 0 Å². The fourth-order valence-electron chi connectivity index (χ4n) is 2.99. The van der Waals surface area contributed by atoms with Gasteiger partial charge in [0.05, 0.1) is 0 Å². The quantitative estimate of drug-likeness (QED) is 0.425. The normalized spacial score (nSPS) is 11.1. The van der Waals surface area contributed by atoms with Gasteiger partial charge in [0.15, 0.2) is 5.78 Å². The summed E-state index contributed by atoms with van der Waals surface area (Å²) < 4.78 is 5.30. The van der Waals surface area contributed by atoms with Gasteiger partial charge in [-0.2, -0.15) is 0 Å². The predicted octanol–water partition coefficient (Wildman–Crippen LogP) is 5.66. The van der Waals surface area contributed by atoms with Crippen molar-refractivity contribution in [3.63, 3.8) is 0 Å². The Kier molecular flexibility index (Phi) is 6.53. The van der Waals surface area contributed by atoms with Crippen molar-refractivity contribution in [2.45, 2.75) is 32.9 Å². The number of alkyl carbamates (subject to hydrolysis) is 1. The second-order valence-electron chi connectivity index (χ2n) is 7.76. The number of ether oxygens (including phenoxy) is 1. The molecule has 0 saturated heterocycles. The number of hydrogen-bond donors (Lipinski definition) is 1. The lowest BCUT2D eigenvalue weighted by atomic mass is 9.92. The molecule has 1 N–H and O–H groups in total. The maximum atomic E-state index is 13.1. The summed E-state index contributed by atoms with van der Waals surface area (Å²) in [6.07, 6.45) is 1.07. The van der Waals surface area contributed by atoms with Crippen LogP contribution in [-0.2, 0) is 11.3 Å². The fraction of sp³-hybridized carbons (Fsp3) is 0.208. The summed E-state index contributed by atoms with van der Waals surface area (Å²) in [6, 6.07) is 18.1. The van der Waals surface area contributed by atoms with Gasteiger partial charge in [-0.3, -0.25) is 4.79 Å². The van der Waals surface area contributed by atoms with Crippen molar-refractivity contribution >= 4 is 23.5 Å². The molecule has 0 atom stereocenters. The summed E-state index contributed by atoms with van der Waals surface area (Å²) in [6.45, 7) is 5.58. The van der Waals surface area contributed by atoms with Crippen molar-refractivity contribution in [2.75, 3.05) is 0 Å². The second-order valence-corrected chi connectivity index (χ2v) is 8.15. The highest BCUT2D eigenvalue weighted by Crippen LogP contribution is 2.30. The fourth-order valence-corrected chi connectivity index (χ4v) is 3.15. The zero-order chi connectivity index (χ0) is 21.7. The van der Waals surface area contributed by atoms with E-state index in [4.69, 9.17) is 16.3 Å². The molecule has 0 spiro atoms. The average Bonchev–Trinajstić information content (AvgIpc) is 2.71. The van der Waals surface area contributed by atoms with Gasteiger partial charge in [0.25, 0.3) is 0 Å². The standard InChI is InChI=1S/C24H23ClN2O3/c1-24(2,3)30-23(29)27-15-17-14-26-21(25)13-20(17)18-11-7-8-12-19(18)22(28)16-9-5-4-6-10-16/h4-14H,15H2,1-3H3,(H,27,29). The number of carbonyl (C=O) groups excluding carboxylic acids is 2. The molecule has 6 heteroatoms. The van der Waals surface area contributed by atoms with Crippen LogP contribution in [0.15, 0.2) is 66.9 Å². The van der Waals surface area contributed by atoms with E-state index in [1.54, 1.807) is 51.2 Å². The van der Waals surface area contributed by atoms with Gasteiger partial charge in [0, 0.05) is 23.9 Å². The molecule has 0 fully saturated rings. The number of nitrogens with one attached hydrogen (secondary N) is 1. The summed E-state index contributed by atoms with van der Waals surface area (Å²) >= 11 is 6.16. The van der Waals surface area contributed by atoms with Crippen LogP contribution in [0.4, 0.5) is 4.79 Å². The van der Waals surface area contributed by atoms with E-state index in [2.05, 4.69) is 10.3 Å². The molecule has 2 aromatic carbocycles. The van der Waals surface area contributed by atoms with Crippen LogP contribution in [0, 0.1) is 0 Å². The average molecular weight is 423 g/mol. The minimum absolute atomic E-state index is 0.0924. The number of nitrogens with zero attached hydrogens (tertiary/aromatic N) is 1. The highest BCUT2D eigenvalue weighted by Gasteiger charge is 2.19. The van der Waals surface area contributed by atoms with E-state index >= 15 is 0 Å². The Morgan fingerprint density at radius 3 is 2.37 bits per heavy atom. The zero-order valence-electron chi connectivity index (χ0n) is 17.1. The summed E-state index contributed by atoms with van der Waals surface area (Å²) in [5.41, 5.74) is 2.71. The molecule has 1 aromatic heterocycles. The summed E-state index contributed by atoms with van der Waals surface area (Å²) in [5, 5.41) is 3.04. The molecule has 0 aliphatic rings. The molecule has 154 valence electrons. The molecule has 0 bridgehead atoms. The lowest BCUT2D eigenvalue weighted by molar-refractivity contribution is 0.0523. The number of amides is 1. The highest BCUT2D eigenvalue weighted by atomic mass is 35.5. The number of aromatic nitrogens is 1. The first kappa shape index (κ1) is 21.5. The number of ketones is 1. The van der Waals surface area contributed by atoms with Gasteiger partial charge in [-0.25, -0.2) is 9.78 Å². The first-order valence-corrected chi connectivity index (χ1v) is 9.93. The Morgan fingerprint density at radius 1 is 1.00 bits per heavy atom. The Hall–Kier alpha value is -3.18. The maximum absolute atomic E-state index is 13.1. The van der Waals surface area contributed by atoms with Crippen LogP contribution in [0.5, 0.6) is 0 Å². The lowest BCUT2D eigenvalue weighted by Crippen LogP contribution is -2.32. The molecule has 0 saturated carbocycles. The highest BCUT2D eigenvalue weighted by molar-refractivity contribution is 6.29. The number of halogens is 1. The SMILES string of the molecule is CC(C)(C)OC(=O)NCc1cnc(Cl)cc1-c1ccccc1C(=O)c1ccccc1. The minimum Gasteiger partial charge on any atom is -0.444 e. The molecule has 3 aromatic rings. The van der Waals surface area contributed by atoms with Crippen molar-refractivity contribution in [3.05, 3.63) is 88.7 Å². The topological polar surface area (TPSA) is 68.3 Å². The van der Waals surface area contributed by atoms with E-state index in [0.717, 1.165) is 16.7 Å². The van der Waals surface area contributed by atoms with Gasteiger partial charge >= 0.3 is 6.09 Å². The Balaban J connectivity index is 1.96. The smallest absolute Gasteiger partial charge is 0.407 e. The molecule has 1 amide bonds. The van der Waals surface area contributed by atoms with E-state index in [1.807, 2.05) is 36.4 Å². The lowest BCUT2D eigenvalue weighted by Gasteiger charge is -2.20. The van der Waals surface area contributed by atoms with E-state index in [-0.39, 0.29) is 12.3 Å². The largest absolute Gasteiger partial charge is 0.444 e. The molecule has 3 rings (SSSR count). The number of rotatable bonds is 5. The Bertz CT molecular complexity index is 1060. The van der Waals surface area contributed by atoms with Gasteiger partial charge in [-0.05, 0) is 43.5 Å². The van der Waals surface area contributed by atoms with Crippen LogP contribution < -0.4 is 5.32 Å². The molecule has 5 nitrogen and oxygen atoms in total. The van der Waals surface area contributed by atoms with Crippen LogP contribution in [0.25, 0.3) is 11.1 Å². The minimum atomic E-state index is -0.597. The second kappa shape index (κ2) is 9.09. The van der Waals surface area contributed by atoms with Gasteiger partial charge < -0.3 is 10.1 Å². The molecule has 0 unspecified atom stereocenters. The summed E-state index contributed by atoms with van der Waals surface area (Å²) in [4.78, 5) is 29.3. The molecular formula is C24H23ClN2O3. The molecule has 0 aliphatic carbocycles. The maximum Gasteiger partial charge on any atom is 0.407 e. The van der Waals surface area contributed by atoms with Gasteiger partial charge in [-0.15, -0.1) is 0 Å². The molecule has 30 heavy (non-hydrogen) atoms. The van der Waals surface area contributed by atoms with Crippen molar-refractivity contribution in [1.82, 2.24) is 10.3 Å². The van der Waals surface area contributed by atoms with Crippen molar-refractivity contribution in [3.8, 4) is 11.1 Å². The first-order chi connectivity index (χ1) is 14.2. The molecule has 0 aliphatic heterocycles. The molecule has 0 radical (unpaired) electrons. The summed E-state index contributed by atoms with van der Waals surface area (Å²) in [7, 11) is 0. The van der Waals surface area contributed by atoms with Gasteiger partial charge in [-0.1, -0.05) is 66.2 Å². The first-order valence-electron chi connectivity index (χ1n) is 9.55. The predicted molar refractivity (Wildman–Crippen MR) is 118 cm³/mol. The van der Waals surface area contributed by atoms with Crippen LogP contribution in [0.1, 0.15) is 42.3 Å². The van der Waals surface area contributed by atoms with E-state index in [0.29, 0.717) is 16.3 Å². The number of hydrogen-bond acceptors (Lipinski definition) is 4. The number of pyridine rings is 1. The third-order valence-corrected chi connectivity index (χ3v) is 4.48. The van der Waals surface area contributed by atoms with Crippen LogP contribution in [0.3, 0.4) is 0 Å². The monoisotopic (exact) mass is 422 g/mol. The van der Waals surface area contributed by atoms with E-state index in [1.165, 1.54) is 0 Å². The van der Waals surface area contributed by atoms with Crippen molar-refractivity contribution in [2.24, 2.45) is 0 Å². The van der Waals surface area contributed by atoms with Crippen molar-refractivity contribution < 1.29 is 14.3 Å². The van der Waals surface area contributed by atoms with E-state index in [9.17, 15) is 9.59 Å². The van der Waals surface area contributed by atoms with E-state index < -0.39 is 11.7 Å². The third kappa shape index (κ3) is 5.45. The van der Waals surface area contributed by atoms with Crippen LogP contribution in [0.2, 0.25) is 5.15 Å². The van der Waals surface area contributed by atoms with Crippen LogP contribution >= 0.6 is 11.6 Å². The van der Waals surface area contributed by atoms with Gasteiger partial charge in [0.2, 0.25) is 0 Å². The Labute approximate surface area is 181 Å². The molecule has 1 heterocycles. The van der Waals surface area contributed by atoms with Gasteiger partial charge in [0.1, 0.15) is 10.8 Å². The zero-order valence-corrected chi connectivity index (χ0v) is 17.9. The summed E-state index contributed by atoms with van der Waals surface area (Å²) in [5.74, 6) is -0.0924. The third-order valence-electron chi connectivity index (χ3n) is 4.27. The number of carbonyl (C=O) groups is 2. The Morgan fingerprint density at radius 2 is 1.67 bits per heavy atom. The molecular weight excluding hydrogens is 400 g/mol.